The summed E-state index contributed by atoms with van der Waals surface area (Å²) in [6.07, 6.45) is 5.10. The van der Waals surface area contributed by atoms with E-state index >= 15 is 0 Å². The van der Waals surface area contributed by atoms with E-state index in [2.05, 4.69) is 38.7 Å². The summed E-state index contributed by atoms with van der Waals surface area (Å²) in [6, 6.07) is 8.82. The Morgan fingerprint density at radius 2 is 2.07 bits per heavy atom. The van der Waals surface area contributed by atoms with Crippen LogP contribution in [0.3, 0.4) is 0 Å². The van der Waals surface area contributed by atoms with Crippen LogP contribution in [0.25, 0.3) is 0 Å². The lowest BCUT2D eigenvalue weighted by atomic mass is 10.2. The molecule has 6 nitrogen and oxygen atoms in total. The summed E-state index contributed by atoms with van der Waals surface area (Å²) in [5, 5.41) is 6.91. The Bertz CT molecular complexity index is 604. The van der Waals surface area contributed by atoms with Gasteiger partial charge in [0.1, 0.15) is 5.75 Å². The van der Waals surface area contributed by atoms with Crippen LogP contribution in [-0.2, 0) is 11.3 Å². The number of rotatable bonds is 10. The van der Waals surface area contributed by atoms with E-state index in [1.165, 1.54) is 31.2 Å². The number of hydrogen-bond donors (Lipinski definition) is 2. The van der Waals surface area contributed by atoms with Gasteiger partial charge in [0.2, 0.25) is 0 Å². The molecule has 1 aliphatic carbocycles. The van der Waals surface area contributed by atoms with Gasteiger partial charge in [-0.15, -0.1) is 0 Å². The van der Waals surface area contributed by atoms with E-state index in [-0.39, 0.29) is 0 Å². The first-order valence-corrected chi connectivity index (χ1v) is 10.2. The molecular formula is C21H34N4O2. The smallest absolute Gasteiger partial charge is 0.191 e. The van der Waals surface area contributed by atoms with Crippen LogP contribution in [0.4, 0.5) is 0 Å². The first kappa shape index (κ1) is 20.0. The van der Waals surface area contributed by atoms with Crippen LogP contribution in [0.5, 0.6) is 5.75 Å². The number of aliphatic imine (C=N–C) groups is 1. The van der Waals surface area contributed by atoms with Crippen molar-refractivity contribution in [3.05, 3.63) is 29.8 Å². The molecule has 1 atom stereocenters. The van der Waals surface area contributed by atoms with Gasteiger partial charge in [-0.3, -0.25) is 9.89 Å². The summed E-state index contributed by atoms with van der Waals surface area (Å²) in [6.45, 7) is 5.40. The second-order valence-electron chi connectivity index (χ2n) is 7.49. The van der Waals surface area contributed by atoms with Crippen LogP contribution in [0.15, 0.2) is 29.3 Å². The highest BCUT2D eigenvalue weighted by Crippen LogP contribution is 2.30. The molecule has 0 radical (unpaired) electrons. The minimum atomic E-state index is 0.549. The largest absolute Gasteiger partial charge is 0.493 e. The number of nitrogens with one attached hydrogen (secondary N) is 2. The molecule has 1 saturated heterocycles. The molecule has 1 unspecified atom stereocenters. The third kappa shape index (κ3) is 6.40. The van der Waals surface area contributed by atoms with Crippen molar-refractivity contribution in [2.45, 2.75) is 38.3 Å². The van der Waals surface area contributed by atoms with E-state index in [4.69, 9.17) is 9.47 Å². The number of para-hydroxylation sites is 1. The summed E-state index contributed by atoms with van der Waals surface area (Å²) in [7, 11) is 3.59. The Morgan fingerprint density at radius 1 is 1.22 bits per heavy atom. The van der Waals surface area contributed by atoms with Crippen LogP contribution < -0.4 is 15.4 Å². The first-order chi connectivity index (χ1) is 13.3. The fourth-order valence-corrected chi connectivity index (χ4v) is 3.53. The topological polar surface area (TPSA) is 58.1 Å². The maximum atomic E-state index is 6.00. The lowest BCUT2D eigenvalue weighted by molar-refractivity contribution is 0.141. The molecule has 6 heteroatoms. The highest BCUT2D eigenvalue weighted by Gasteiger charge is 2.24. The SMILES string of the molecule is CN=C(NCc1ccccc1OCC1CC1)NCC1CCCN1CCOC. The van der Waals surface area contributed by atoms with Crippen molar-refractivity contribution in [2.75, 3.05) is 47.0 Å². The predicted octanol–water partition coefficient (Wildman–Crippen LogP) is 2.25. The van der Waals surface area contributed by atoms with Gasteiger partial charge in [-0.1, -0.05) is 18.2 Å². The third-order valence-electron chi connectivity index (χ3n) is 5.40. The summed E-state index contributed by atoms with van der Waals surface area (Å²) in [4.78, 5) is 6.88. The molecule has 27 heavy (non-hydrogen) atoms. The summed E-state index contributed by atoms with van der Waals surface area (Å²) < 4.78 is 11.2. The number of benzene rings is 1. The van der Waals surface area contributed by atoms with E-state index in [9.17, 15) is 0 Å². The van der Waals surface area contributed by atoms with Gasteiger partial charge in [0, 0.05) is 45.4 Å². The van der Waals surface area contributed by atoms with Crippen molar-refractivity contribution in [3.8, 4) is 5.75 Å². The third-order valence-corrected chi connectivity index (χ3v) is 5.40. The first-order valence-electron chi connectivity index (χ1n) is 10.2. The molecule has 0 bridgehead atoms. The van der Waals surface area contributed by atoms with E-state index < -0.39 is 0 Å². The fraction of sp³-hybridized carbons (Fsp3) is 0.667. The maximum absolute atomic E-state index is 6.00. The quantitative estimate of drug-likeness (QED) is 0.486. The van der Waals surface area contributed by atoms with Crippen molar-refractivity contribution in [1.29, 1.82) is 0 Å². The molecule has 2 fully saturated rings. The molecule has 2 N–H and O–H groups in total. The highest BCUT2D eigenvalue weighted by atomic mass is 16.5. The van der Waals surface area contributed by atoms with E-state index in [1.807, 2.05) is 13.1 Å². The maximum Gasteiger partial charge on any atom is 0.191 e. The number of guanidine groups is 1. The lowest BCUT2D eigenvalue weighted by Gasteiger charge is -2.25. The Labute approximate surface area is 163 Å². The van der Waals surface area contributed by atoms with Crippen molar-refractivity contribution in [2.24, 2.45) is 10.9 Å². The van der Waals surface area contributed by atoms with Crippen LogP contribution in [0.2, 0.25) is 0 Å². The van der Waals surface area contributed by atoms with Gasteiger partial charge in [0.15, 0.2) is 5.96 Å². The van der Waals surface area contributed by atoms with Crippen LogP contribution in [0.1, 0.15) is 31.2 Å². The minimum Gasteiger partial charge on any atom is -0.493 e. The molecule has 150 valence electrons. The van der Waals surface area contributed by atoms with Gasteiger partial charge < -0.3 is 20.1 Å². The molecule has 1 aromatic carbocycles. The summed E-state index contributed by atoms with van der Waals surface area (Å²) in [5.41, 5.74) is 1.17. The van der Waals surface area contributed by atoms with Crippen molar-refractivity contribution in [1.82, 2.24) is 15.5 Å². The molecule has 3 rings (SSSR count). The van der Waals surface area contributed by atoms with Gasteiger partial charge in [-0.2, -0.15) is 0 Å². The molecule has 2 aliphatic rings. The number of methoxy groups -OCH3 is 1. The van der Waals surface area contributed by atoms with Gasteiger partial charge in [0.05, 0.1) is 13.2 Å². The van der Waals surface area contributed by atoms with Gasteiger partial charge in [0.25, 0.3) is 0 Å². The molecular weight excluding hydrogens is 340 g/mol. The number of likely N-dealkylation sites (tertiary alicyclic amines) is 1. The zero-order valence-corrected chi connectivity index (χ0v) is 16.7. The van der Waals surface area contributed by atoms with Crippen LogP contribution in [0, 0.1) is 5.92 Å². The highest BCUT2D eigenvalue weighted by molar-refractivity contribution is 5.79. The normalized spacial score (nSPS) is 20.7. The van der Waals surface area contributed by atoms with Crippen LogP contribution in [-0.4, -0.2) is 63.9 Å². The minimum absolute atomic E-state index is 0.549. The average Bonchev–Trinajstić information content (AvgIpc) is 3.43. The lowest BCUT2D eigenvalue weighted by Crippen LogP contribution is -2.45. The van der Waals surface area contributed by atoms with Gasteiger partial charge in [-0.25, -0.2) is 0 Å². The van der Waals surface area contributed by atoms with Gasteiger partial charge in [-0.05, 0) is 44.2 Å². The van der Waals surface area contributed by atoms with E-state index in [0.29, 0.717) is 12.6 Å². The molecule has 1 heterocycles. The second-order valence-corrected chi connectivity index (χ2v) is 7.49. The van der Waals surface area contributed by atoms with Crippen LogP contribution >= 0.6 is 0 Å². The average molecular weight is 375 g/mol. The molecule has 1 aromatic rings. The van der Waals surface area contributed by atoms with Crippen molar-refractivity contribution in [3.63, 3.8) is 0 Å². The molecule has 0 spiro atoms. The zero-order valence-electron chi connectivity index (χ0n) is 16.7. The molecule has 1 saturated carbocycles. The summed E-state index contributed by atoms with van der Waals surface area (Å²) >= 11 is 0. The molecule has 0 aromatic heterocycles. The number of ether oxygens (including phenoxy) is 2. The number of nitrogens with zero attached hydrogens (tertiary/aromatic N) is 2. The molecule has 0 amide bonds. The molecule has 1 aliphatic heterocycles. The Kier molecular flexibility index (Phi) is 7.78. The monoisotopic (exact) mass is 374 g/mol. The van der Waals surface area contributed by atoms with Gasteiger partial charge >= 0.3 is 0 Å². The standard InChI is InChI=1S/C21H34N4O2/c1-22-21(24-15-19-7-5-11-25(19)12-13-26-2)23-14-18-6-3-4-8-20(18)27-16-17-9-10-17/h3-4,6,8,17,19H,5,7,9-16H2,1-2H3,(H2,22,23,24). The Morgan fingerprint density at radius 3 is 2.85 bits per heavy atom. The zero-order chi connectivity index (χ0) is 18.9. The van der Waals surface area contributed by atoms with Crippen molar-refractivity contribution >= 4 is 5.96 Å². The summed E-state index contributed by atoms with van der Waals surface area (Å²) in [5.74, 6) is 2.58. The van der Waals surface area contributed by atoms with E-state index in [0.717, 1.165) is 50.5 Å². The fourth-order valence-electron chi connectivity index (χ4n) is 3.53. The Hall–Kier alpha value is -1.79. The predicted molar refractivity (Wildman–Crippen MR) is 109 cm³/mol. The van der Waals surface area contributed by atoms with E-state index in [1.54, 1.807) is 7.11 Å². The number of hydrogen-bond acceptors (Lipinski definition) is 4. The Balaban J connectivity index is 1.45. The van der Waals surface area contributed by atoms with Crippen molar-refractivity contribution < 1.29 is 9.47 Å². The second kappa shape index (κ2) is 10.5.